The van der Waals surface area contributed by atoms with Crippen LogP contribution >= 0.6 is 11.3 Å². The standard InChI is InChI=1S/C31H31N3O4S/c1-20-5-7-22(8-6-20)29-26-16-24(12-11-21(26)13-14-34(29)30(35)23-9-10-23)38-18-28-32-27(19-39-28)31(36)33(2)17-25-4-3-15-37-25/h3-8,11-12,15-16,19,23,29H,9-10,13-14,17-18H2,1-2H3/t29-/m1/s1. The molecule has 2 aliphatic rings. The summed E-state index contributed by atoms with van der Waals surface area (Å²) < 4.78 is 11.5. The summed E-state index contributed by atoms with van der Waals surface area (Å²) in [5, 5.41) is 2.49. The Labute approximate surface area is 232 Å². The normalized spacial score (nSPS) is 16.6. The van der Waals surface area contributed by atoms with Crippen molar-refractivity contribution in [3.05, 3.63) is 105 Å². The molecule has 0 saturated heterocycles. The molecule has 2 aromatic heterocycles. The van der Waals surface area contributed by atoms with Gasteiger partial charge in [-0.3, -0.25) is 9.59 Å². The van der Waals surface area contributed by atoms with Gasteiger partial charge in [0.1, 0.15) is 28.8 Å². The number of thiazole rings is 1. The number of fused-ring (bicyclic) bond motifs is 1. The highest BCUT2D eigenvalue weighted by Crippen LogP contribution is 2.41. The molecule has 0 radical (unpaired) electrons. The summed E-state index contributed by atoms with van der Waals surface area (Å²) >= 11 is 1.40. The third-order valence-corrected chi connectivity index (χ3v) is 8.22. The summed E-state index contributed by atoms with van der Waals surface area (Å²) in [4.78, 5) is 34.2. The second-order valence-corrected chi connectivity index (χ2v) is 11.3. The van der Waals surface area contributed by atoms with Gasteiger partial charge in [-0.1, -0.05) is 35.9 Å². The van der Waals surface area contributed by atoms with Crippen LogP contribution in [0.25, 0.3) is 0 Å². The van der Waals surface area contributed by atoms with Crippen LogP contribution in [-0.4, -0.2) is 40.2 Å². The van der Waals surface area contributed by atoms with Crippen molar-refractivity contribution in [2.45, 2.75) is 45.4 Å². The molecule has 3 heterocycles. The van der Waals surface area contributed by atoms with E-state index in [0.29, 0.717) is 12.2 Å². The molecule has 8 heteroatoms. The Bertz CT molecular complexity index is 1470. The number of benzene rings is 2. The average molecular weight is 542 g/mol. The number of nitrogens with zero attached hydrogens (tertiary/aromatic N) is 3. The first-order valence-electron chi connectivity index (χ1n) is 13.3. The zero-order valence-corrected chi connectivity index (χ0v) is 22.9. The number of ether oxygens (including phenoxy) is 1. The Morgan fingerprint density at radius 3 is 2.72 bits per heavy atom. The monoisotopic (exact) mass is 541 g/mol. The van der Waals surface area contributed by atoms with E-state index in [2.05, 4.69) is 53.2 Å². The third-order valence-electron chi connectivity index (χ3n) is 7.40. The molecule has 1 saturated carbocycles. The maximum absolute atomic E-state index is 13.3. The van der Waals surface area contributed by atoms with Crippen molar-refractivity contribution in [1.82, 2.24) is 14.8 Å². The van der Waals surface area contributed by atoms with Gasteiger partial charge < -0.3 is 19.0 Å². The number of furan rings is 1. The minimum Gasteiger partial charge on any atom is -0.486 e. The molecule has 1 atom stereocenters. The molecule has 0 spiro atoms. The Morgan fingerprint density at radius 2 is 1.97 bits per heavy atom. The number of aromatic nitrogens is 1. The van der Waals surface area contributed by atoms with E-state index in [1.54, 1.807) is 29.7 Å². The first-order chi connectivity index (χ1) is 19.0. The lowest BCUT2D eigenvalue weighted by Gasteiger charge is -2.38. The van der Waals surface area contributed by atoms with E-state index in [1.807, 2.05) is 12.1 Å². The maximum Gasteiger partial charge on any atom is 0.273 e. The fourth-order valence-electron chi connectivity index (χ4n) is 5.12. The van der Waals surface area contributed by atoms with Crippen LogP contribution in [0.1, 0.15) is 62.4 Å². The van der Waals surface area contributed by atoms with Crippen LogP contribution in [0.15, 0.2) is 70.7 Å². The molecule has 0 unspecified atom stereocenters. The first kappa shape index (κ1) is 25.4. The van der Waals surface area contributed by atoms with Crippen LogP contribution in [0.2, 0.25) is 0 Å². The van der Waals surface area contributed by atoms with Gasteiger partial charge in [-0.25, -0.2) is 4.98 Å². The van der Waals surface area contributed by atoms with Gasteiger partial charge in [0.2, 0.25) is 5.91 Å². The number of carbonyl (C=O) groups is 2. The van der Waals surface area contributed by atoms with Gasteiger partial charge in [-0.15, -0.1) is 11.3 Å². The Hall–Kier alpha value is -3.91. The first-order valence-corrected chi connectivity index (χ1v) is 14.2. The Balaban J connectivity index is 1.19. The Kier molecular flexibility index (Phi) is 6.95. The van der Waals surface area contributed by atoms with E-state index in [4.69, 9.17) is 9.15 Å². The van der Waals surface area contributed by atoms with Gasteiger partial charge in [-0.2, -0.15) is 0 Å². The Morgan fingerprint density at radius 1 is 1.15 bits per heavy atom. The lowest BCUT2D eigenvalue weighted by atomic mass is 9.87. The number of carbonyl (C=O) groups excluding carboxylic acids is 2. The van der Waals surface area contributed by atoms with Crippen LogP contribution in [0.3, 0.4) is 0 Å². The minimum absolute atomic E-state index is 0.125. The largest absolute Gasteiger partial charge is 0.486 e. The number of amides is 2. The van der Waals surface area contributed by atoms with Crippen molar-refractivity contribution in [1.29, 1.82) is 0 Å². The molecule has 6 rings (SSSR count). The van der Waals surface area contributed by atoms with Gasteiger partial charge in [-0.05, 0) is 67.1 Å². The van der Waals surface area contributed by atoms with Crippen molar-refractivity contribution in [2.24, 2.45) is 5.92 Å². The summed E-state index contributed by atoms with van der Waals surface area (Å²) in [6.07, 6.45) is 4.41. The van der Waals surface area contributed by atoms with Crippen LogP contribution in [-0.2, 0) is 24.4 Å². The van der Waals surface area contributed by atoms with Gasteiger partial charge in [0.15, 0.2) is 0 Å². The minimum atomic E-state index is -0.163. The second kappa shape index (κ2) is 10.7. The fourth-order valence-corrected chi connectivity index (χ4v) is 5.80. The molecule has 1 fully saturated rings. The van der Waals surface area contributed by atoms with E-state index in [0.717, 1.165) is 53.5 Å². The molecule has 39 heavy (non-hydrogen) atoms. The number of aryl methyl sites for hydroxylation is 1. The lowest BCUT2D eigenvalue weighted by molar-refractivity contribution is -0.134. The van der Waals surface area contributed by atoms with E-state index in [1.165, 1.54) is 22.5 Å². The van der Waals surface area contributed by atoms with Crippen molar-refractivity contribution >= 4 is 23.2 Å². The molecular weight excluding hydrogens is 510 g/mol. The predicted molar refractivity (Wildman–Crippen MR) is 149 cm³/mol. The molecule has 200 valence electrons. The summed E-state index contributed by atoms with van der Waals surface area (Å²) in [5.74, 6) is 1.71. The number of hydrogen-bond donors (Lipinski definition) is 0. The molecule has 0 N–H and O–H groups in total. The third kappa shape index (κ3) is 5.47. The molecule has 2 aromatic carbocycles. The summed E-state index contributed by atoms with van der Waals surface area (Å²) in [6, 6.07) is 18.2. The molecular formula is C31H31N3O4S. The van der Waals surface area contributed by atoms with Gasteiger partial charge in [0, 0.05) is 24.9 Å². The van der Waals surface area contributed by atoms with E-state index < -0.39 is 0 Å². The van der Waals surface area contributed by atoms with Crippen molar-refractivity contribution < 1.29 is 18.7 Å². The molecule has 1 aliphatic heterocycles. The van der Waals surface area contributed by atoms with Crippen molar-refractivity contribution in [3.63, 3.8) is 0 Å². The second-order valence-electron chi connectivity index (χ2n) is 10.4. The van der Waals surface area contributed by atoms with Crippen LogP contribution in [0.4, 0.5) is 0 Å². The van der Waals surface area contributed by atoms with E-state index >= 15 is 0 Å². The topological polar surface area (TPSA) is 75.9 Å². The summed E-state index contributed by atoms with van der Waals surface area (Å²) in [5.41, 5.74) is 5.07. The predicted octanol–water partition coefficient (Wildman–Crippen LogP) is 5.78. The lowest BCUT2D eigenvalue weighted by Crippen LogP contribution is -2.41. The maximum atomic E-state index is 13.3. The number of rotatable bonds is 8. The molecule has 0 bridgehead atoms. The SMILES string of the molecule is Cc1ccc([C@@H]2c3cc(OCc4nc(C(=O)N(C)Cc5ccco5)cs4)ccc3CCN2C(=O)C2CC2)cc1. The van der Waals surface area contributed by atoms with Gasteiger partial charge in [0.05, 0.1) is 18.8 Å². The van der Waals surface area contributed by atoms with Crippen molar-refractivity contribution in [2.75, 3.05) is 13.6 Å². The van der Waals surface area contributed by atoms with Crippen LogP contribution in [0, 0.1) is 12.8 Å². The summed E-state index contributed by atoms with van der Waals surface area (Å²) in [7, 11) is 1.73. The van der Waals surface area contributed by atoms with Gasteiger partial charge >= 0.3 is 0 Å². The van der Waals surface area contributed by atoms with Gasteiger partial charge in [0.25, 0.3) is 5.91 Å². The number of hydrogen-bond acceptors (Lipinski definition) is 6. The van der Waals surface area contributed by atoms with E-state index in [-0.39, 0.29) is 30.4 Å². The fraction of sp³-hybridized carbons (Fsp3) is 0.323. The molecule has 1 aliphatic carbocycles. The van der Waals surface area contributed by atoms with Crippen LogP contribution < -0.4 is 4.74 Å². The smallest absolute Gasteiger partial charge is 0.273 e. The highest BCUT2D eigenvalue weighted by Gasteiger charge is 2.39. The van der Waals surface area contributed by atoms with Crippen molar-refractivity contribution in [3.8, 4) is 5.75 Å². The highest BCUT2D eigenvalue weighted by atomic mass is 32.1. The zero-order valence-electron chi connectivity index (χ0n) is 22.1. The van der Waals surface area contributed by atoms with Crippen LogP contribution in [0.5, 0.6) is 5.75 Å². The zero-order chi connectivity index (χ0) is 26.9. The highest BCUT2D eigenvalue weighted by molar-refractivity contribution is 7.09. The average Bonchev–Trinajstić information content (AvgIpc) is 3.47. The van der Waals surface area contributed by atoms with E-state index in [9.17, 15) is 9.59 Å². The molecule has 2 amide bonds. The molecule has 4 aromatic rings. The molecule has 7 nitrogen and oxygen atoms in total. The quantitative estimate of drug-likeness (QED) is 0.283. The summed E-state index contributed by atoms with van der Waals surface area (Å²) in [6.45, 7) is 3.45.